The maximum absolute atomic E-state index is 6.95. The first-order chi connectivity index (χ1) is 6.48. The van der Waals surface area contributed by atoms with Gasteiger partial charge in [-0.1, -0.05) is 19.8 Å². The van der Waals surface area contributed by atoms with Crippen molar-refractivity contribution in [3.8, 4) is 0 Å². The van der Waals surface area contributed by atoms with Crippen molar-refractivity contribution in [1.29, 1.82) is 5.41 Å². The Labute approximate surface area is 86.7 Å². The van der Waals surface area contributed by atoms with E-state index in [-0.39, 0.29) is 11.6 Å². The summed E-state index contributed by atoms with van der Waals surface area (Å²) >= 11 is 0. The van der Waals surface area contributed by atoms with E-state index in [0.29, 0.717) is 13.2 Å². The van der Waals surface area contributed by atoms with Gasteiger partial charge in [0.05, 0.1) is 12.2 Å². The molecule has 14 heavy (non-hydrogen) atoms. The van der Waals surface area contributed by atoms with E-state index in [4.69, 9.17) is 15.9 Å². The molecular formula is C10H23N3O. The van der Waals surface area contributed by atoms with Gasteiger partial charge in [-0.2, -0.15) is 0 Å². The molecule has 0 fully saturated rings. The van der Waals surface area contributed by atoms with Crippen molar-refractivity contribution in [3.63, 3.8) is 0 Å². The molecule has 0 heterocycles. The van der Waals surface area contributed by atoms with Gasteiger partial charge in [-0.3, -0.25) is 5.41 Å². The first kappa shape index (κ1) is 13.2. The van der Waals surface area contributed by atoms with Gasteiger partial charge >= 0.3 is 0 Å². The van der Waals surface area contributed by atoms with Gasteiger partial charge in [-0.15, -0.1) is 0 Å². The van der Waals surface area contributed by atoms with Gasteiger partial charge in [-0.05, 0) is 20.3 Å². The maximum Gasteiger partial charge on any atom is 0.185 e. The van der Waals surface area contributed by atoms with Gasteiger partial charge in [0.1, 0.15) is 0 Å². The molecule has 84 valence electrons. The van der Waals surface area contributed by atoms with Crippen molar-refractivity contribution in [1.82, 2.24) is 5.32 Å². The number of hydrogen-bond donors (Lipinski definition) is 3. The van der Waals surface area contributed by atoms with Gasteiger partial charge in [0.15, 0.2) is 5.96 Å². The number of ether oxygens (including phenoxy) is 1. The second-order valence-corrected chi connectivity index (χ2v) is 4.05. The maximum atomic E-state index is 6.95. The highest BCUT2D eigenvalue weighted by Gasteiger charge is 2.16. The van der Waals surface area contributed by atoms with Crippen LogP contribution in [0.3, 0.4) is 0 Å². The van der Waals surface area contributed by atoms with E-state index >= 15 is 0 Å². The van der Waals surface area contributed by atoms with Crippen molar-refractivity contribution in [2.75, 3.05) is 13.2 Å². The van der Waals surface area contributed by atoms with Crippen LogP contribution >= 0.6 is 0 Å². The van der Waals surface area contributed by atoms with Crippen LogP contribution in [0.2, 0.25) is 0 Å². The zero-order valence-corrected chi connectivity index (χ0v) is 9.52. The summed E-state index contributed by atoms with van der Waals surface area (Å²) in [7, 11) is 0. The van der Waals surface area contributed by atoms with Crippen LogP contribution in [0.25, 0.3) is 0 Å². The number of hydrogen-bond acceptors (Lipinski definition) is 2. The van der Waals surface area contributed by atoms with Gasteiger partial charge in [0.25, 0.3) is 0 Å². The summed E-state index contributed by atoms with van der Waals surface area (Å²) in [5.41, 5.74) is 5.08. The van der Waals surface area contributed by atoms with E-state index in [2.05, 4.69) is 26.1 Å². The summed E-state index contributed by atoms with van der Waals surface area (Å²) < 4.78 is 5.67. The third kappa shape index (κ3) is 7.86. The fourth-order valence-corrected chi connectivity index (χ4v) is 1.19. The van der Waals surface area contributed by atoms with Gasteiger partial charge < -0.3 is 15.8 Å². The highest BCUT2D eigenvalue weighted by atomic mass is 16.5. The molecule has 4 nitrogen and oxygen atoms in total. The number of nitrogens with one attached hydrogen (secondary N) is 2. The minimum Gasteiger partial charge on any atom is -0.374 e. The fraction of sp³-hybridized carbons (Fsp3) is 0.900. The Kier molecular flexibility index (Phi) is 6.28. The van der Waals surface area contributed by atoms with Gasteiger partial charge in [0, 0.05) is 6.54 Å². The SMILES string of the molecule is CCCCC(C)(C)OCCNC(=N)N. The van der Waals surface area contributed by atoms with Crippen LogP contribution in [0.1, 0.15) is 40.0 Å². The predicted octanol–water partition coefficient (Wildman–Crippen LogP) is 1.45. The van der Waals surface area contributed by atoms with Crippen LogP contribution in [0, 0.1) is 5.41 Å². The molecule has 0 aliphatic heterocycles. The number of guanidine groups is 1. The Morgan fingerprint density at radius 2 is 2.14 bits per heavy atom. The molecule has 0 unspecified atom stereocenters. The Morgan fingerprint density at radius 3 is 2.64 bits per heavy atom. The van der Waals surface area contributed by atoms with E-state index in [1.807, 2.05) is 0 Å². The standard InChI is InChI=1S/C10H23N3O/c1-4-5-6-10(2,3)14-8-7-13-9(11)12/h4-8H2,1-3H3,(H4,11,12,13). The molecule has 4 N–H and O–H groups in total. The molecule has 0 atom stereocenters. The van der Waals surface area contributed by atoms with Crippen molar-refractivity contribution in [2.24, 2.45) is 5.73 Å². The van der Waals surface area contributed by atoms with Crippen LogP contribution in [0.15, 0.2) is 0 Å². The summed E-state index contributed by atoms with van der Waals surface area (Å²) in [6.07, 6.45) is 3.45. The summed E-state index contributed by atoms with van der Waals surface area (Å²) in [5.74, 6) is -0.0000330. The van der Waals surface area contributed by atoms with E-state index in [9.17, 15) is 0 Å². The summed E-state index contributed by atoms with van der Waals surface area (Å²) in [6, 6.07) is 0. The lowest BCUT2D eigenvalue weighted by Gasteiger charge is -2.25. The Bertz CT molecular complexity index is 169. The lowest BCUT2D eigenvalue weighted by Crippen LogP contribution is -2.35. The molecule has 0 bridgehead atoms. The quantitative estimate of drug-likeness (QED) is 0.332. The summed E-state index contributed by atoms with van der Waals surface area (Å²) in [5, 5.41) is 9.66. The average Bonchev–Trinajstić information content (AvgIpc) is 2.09. The number of nitrogens with two attached hydrogens (primary N) is 1. The highest BCUT2D eigenvalue weighted by Crippen LogP contribution is 2.17. The molecule has 0 saturated heterocycles. The summed E-state index contributed by atoms with van der Waals surface area (Å²) in [4.78, 5) is 0. The van der Waals surface area contributed by atoms with Crippen LogP contribution in [-0.2, 0) is 4.74 Å². The van der Waals surface area contributed by atoms with Crippen LogP contribution in [0.4, 0.5) is 0 Å². The highest BCUT2D eigenvalue weighted by molar-refractivity contribution is 5.74. The first-order valence-corrected chi connectivity index (χ1v) is 5.20. The molecule has 0 aliphatic carbocycles. The molecule has 0 aromatic rings. The molecule has 4 heteroatoms. The molecule has 0 aromatic carbocycles. The van der Waals surface area contributed by atoms with Crippen LogP contribution in [-0.4, -0.2) is 24.7 Å². The smallest absolute Gasteiger partial charge is 0.185 e. The molecule has 0 radical (unpaired) electrons. The molecule has 0 amide bonds. The normalized spacial score (nSPS) is 11.4. The molecule has 0 aromatic heterocycles. The van der Waals surface area contributed by atoms with E-state index in [0.717, 1.165) is 6.42 Å². The number of unbranched alkanes of at least 4 members (excludes halogenated alkanes) is 1. The minimum atomic E-state index is -0.0610. The van der Waals surface area contributed by atoms with Crippen LogP contribution < -0.4 is 11.1 Å². The third-order valence-electron chi connectivity index (χ3n) is 2.04. The lowest BCUT2D eigenvalue weighted by molar-refractivity contribution is -0.0217. The second kappa shape index (κ2) is 6.65. The molecular weight excluding hydrogens is 178 g/mol. The zero-order chi connectivity index (χ0) is 11.0. The molecule has 0 saturated carbocycles. The van der Waals surface area contributed by atoms with Gasteiger partial charge in [0.2, 0.25) is 0 Å². The summed E-state index contributed by atoms with van der Waals surface area (Å²) in [6.45, 7) is 7.56. The van der Waals surface area contributed by atoms with Crippen molar-refractivity contribution in [2.45, 2.75) is 45.6 Å². The monoisotopic (exact) mass is 201 g/mol. The number of rotatable bonds is 7. The third-order valence-corrected chi connectivity index (χ3v) is 2.04. The predicted molar refractivity (Wildman–Crippen MR) is 59.5 cm³/mol. The van der Waals surface area contributed by atoms with Crippen molar-refractivity contribution >= 4 is 5.96 Å². The first-order valence-electron chi connectivity index (χ1n) is 5.20. The van der Waals surface area contributed by atoms with E-state index in [1.165, 1.54) is 12.8 Å². The second-order valence-electron chi connectivity index (χ2n) is 4.05. The minimum absolute atomic E-state index is 0.0000330. The van der Waals surface area contributed by atoms with Gasteiger partial charge in [-0.25, -0.2) is 0 Å². The zero-order valence-electron chi connectivity index (χ0n) is 9.52. The fourth-order valence-electron chi connectivity index (χ4n) is 1.19. The van der Waals surface area contributed by atoms with Crippen LogP contribution in [0.5, 0.6) is 0 Å². The van der Waals surface area contributed by atoms with E-state index < -0.39 is 0 Å². The Balaban J connectivity index is 3.49. The average molecular weight is 201 g/mol. The largest absolute Gasteiger partial charge is 0.374 e. The van der Waals surface area contributed by atoms with Crippen molar-refractivity contribution < 1.29 is 4.74 Å². The lowest BCUT2D eigenvalue weighted by atomic mass is 10.0. The molecule has 0 aliphatic rings. The van der Waals surface area contributed by atoms with E-state index in [1.54, 1.807) is 0 Å². The topological polar surface area (TPSA) is 71.1 Å². The molecule has 0 spiro atoms. The Morgan fingerprint density at radius 1 is 1.50 bits per heavy atom. The molecule has 0 rings (SSSR count). The Hall–Kier alpha value is -0.770. The van der Waals surface area contributed by atoms with Crippen molar-refractivity contribution in [3.05, 3.63) is 0 Å².